The van der Waals surface area contributed by atoms with E-state index in [9.17, 15) is 14.7 Å². The fourth-order valence-electron chi connectivity index (χ4n) is 5.14. The Labute approximate surface area is 238 Å². The number of ether oxygens (including phenoxy) is 1. The van der Waals surface area contributed by atoms with Crippen LogP contribution in [0, 0.1) is 20.8 Å². The van der Waals surface area contributed by atoms with Crippen molar-refractivity contribution in [2.45, 2.75) is 39.3 Å². The monoisotopic (exact) mass is 548 g/mol. The van der Waals surface area contributed by atoms with E-state index in [1.54, 1.807) is 12.3 Å². The molecule has 41 heavy (non-hydrogen) atoms. The lowest BCUT2D eigenvalue weighted by Crippen LogP contribution is -2.31. The van der Waals surface area contributed by atoms with E-state index in [1.165, 1.54) is 5.56 Å². The van der Waals surface area contributed by atoms with Crippen molar-refractivity contribution in [3.63, 3.8) is 0 Å². The molecule has 0 spiro atoms. The summed E-state index contributed by atoms with van der Waals surface area (Å²) in [7, 11) is 0. The lowest BCUT2D eigenvalue weighted by molar-refractivity contribution is -0.144. The van der Waals surface area contributed by atoms with Crippen molar-refractivity contribution in [2.75, 3.05) is 6.61 Å². The van der Waals surface area contributed by atoms with Crippen LogP contribution in [-0.4, -0.2) is 28.6 Å². The Morgan fingerprint density at radius 1 is 0.927 bits per heavy atom. The highest BCUT2D eigenvalue weighted by atomic mass is 16.5. The Morgan fingerprint density at radius 2 is 1.73 bits per heavy atom. The Hall–Kier alpha value is -4.75. The number of nitrogens with zero attached hydrogens (tertiary/aromatic N) is 1. The second kappa shape index (κ2) is 12.2. The second-order valence-corrected chi connectivity index (χ2v) is 10.2. The number of carbonyl (C=O) groups excluding carboxylic acids is 1. The molecule has 5 rings (SSSR count). The van der Waals surface area contributed by atoms with Crippen molar-refractivity contribution in [2.24, 2.45) is 0 Å². The summed E-state index contributed by atoms with van der Waals surface area (Å²) in [5, 5.41) is 13.2. The van der Waals surface area contributed by atoms with Crippen LogP contribution in [0.5, 0.6) is 0 Å². The van der Waals surface area contributed by atoms with Crippen LogP contribution in [-0.2, 0) is 20.7 Å². The predicted molar refractivity (Wildman–Crippen MR) is 157 cm³/mol. The van der Waals surface area contributed by atoms with Crippen molar-refractivity contribution in [3.8, 4) is 0 Å². The number of furan rings is 1. The lowest BCUT2D eigenvalue weighted by atomic mass is 9.93. The number of aliphatic carboxylic acids is 1. The van der Waals surface area contributed by atoms with Gasteiger partial charge in [-0.1, -0.05) is 66.2 Å². The first kappa shape index (κ1) is 27.8. The van der Waals surface area contributed by atoms with Crippen molar-refractivity contribution in [3.05, 3.63) is 136 Å². The number of hydrogen-bond donors (Lipinski definition) is 2. The van der Waals surface area contributed by atoms with Gasteiger partial charge in [-0.05, 0) is 67.3 Å². The number of aryl methyl sites for hydroxylation is 3. The van der Waals surface area contributed by atoms with Gasteiger partial charge < -0.3 is 19.6 Å². The van der Waals surface area contributed by atoms with E-state index in [1.807, 2.05) is 67.6 Å². The molecule has 0 aliphatic heterocycles. The molecule has 0 radical (unpaired) electrons. The summed E-state index contributed by atoms with van der Waals surface area (Å²) in [4.78, 5) is 28.9. The first-order valence-corrected chi connectivity index (χ1v) is 13.5. The Kier molecular flexibility index (Phi) is 8.26. The highest BCUT2D eigenvalue weighted by Gasteiger charge is 2.24. The van der Waals surface area contributed by atoms with E-state index in [0.29, 0.717) is 11.3 Å². The van der Waals surface area contributed by atoms with Gasteiger partial charge in [0.05, 0.1) is 12.5 Å². The summed E-state index contributed by atoms with van der Waals surface area (Å²) in [5.74, 6) is -0.705. The maximum Gasteiger partial charge on any atom is 0.329 e. The molecule has 2 aromatic heterocycles. The largest absolute Gasteiger partial charge is 0.480 e. The quantitative estimate of drug-likeness (QED) is 0.210. The number of carboxylic acids is 1. The van der Waals surface area contributed by atoms with Gasteiger partial charge in [0, 0.05) is 22.8 Å². The average Bonchev–Trinajstić information content (AvgIpc) is 3.36. The molecule has 0 saturated carbocycles. The van der Waals surface area contributed by atoms with Gasteiger partial charge in [0.15, 0.2) is 0 Å². The van der Waals surface area contributed by atoms with Crippen LogP contribution in [0.3, 0.4) is 0 Å². The zero-order valence-corrected chi connectivity index (χ0v) is 23.3. The SMILES string of the molecule is Cc1ccc(C(NC(=O)Cc2ccc3oc(C(OCC(=O)O)c4cccnc4C)cc3c2)c2ccccc2)c(C)c1. The Balaban J connectivity index is 1.39. The number of carboxylic acid groups (broad SMARTS) is 1. The molecular weight excluding hydrogens is 516 g/mol. The van der Waals surface area contributed by atoms with Crippen molar-refractivity contribution < 1.29 is 23.8 Å². The van der Waals surface area contributed by atoms with E-state index in [4.69, 9.17) is 9.15 Å². The average molecular weight is 549 g/mol. The van der Waals surface area contributed by atoms with Gasteiger partial charge in [-0.3, -0.25) is 9.78 Å². The minimum Gasteiger partial charge on any atom is -0.480 e. The number of aromatic nitrogens is 1. The summed E-state index contributed by atoms with van der Waals surface area (Å²) in [6.45, 7) is 5.48. The molecule has 0 fully saturated rings. The van der Waals surface area contributed by atoms with Gasteiger partial charge >= 0.3 is 5.97 Å². The molecule has 2 unspecified atom stereocenters. The van der Waals surface area contributed by atoms with Gasteiger partial charge in [-0.15, -0.1) is 0 Å². The molecule has 2 N–H and O–H groups in total. The maximum absolute atomic E-state index is 13.4. The molecule has 7 nitrogen and oxygen atoms in total. The van der Waals surface area contributed by atoms with Crippen molar-refractivity contribution in [1.29, 1.82) is 0 Å². The van der Waals surface area contributed by atoms with Crippen LogP contribution in [0.4, 0.5) is 0 Å². The predicted octanol–water partition coefficient (Wildman–Crippen LogP) is 6.39. The summed E-state index contributed by atoms with van der Waals surface area (Å²) >= 11 is 0. The molecule has 0 bridgehead atoms. The van der Waals surface area contributed by atoms with Crippen molar-refractivity contribution in [1.82, 2.24) is 10.3 Å². The zero-order chi connectivity index (χ0) is 28.9. The topological polar surface area (TPSA) is 102 Å². The smallest absolute Gasteiger partial charge is 0.329 e. The third-order valence-electron chi connectivity index (χ3n) is 7.10. The van der Waals surface area contributed by atoms with Gasteiger partial charge in [0.2, 0.25) is 5.91 Å². The molecular formula is C34H32N2O5. The number of rotatable bonds is 10. The number of carbonyl (C=O) groups is 2. The molecule has 3 aromatic carbocycles. The molecule has 2 heterocycles. The number of hydrogen-bond acceptors (Lipinski definition) is 5. The first-order chi connectivity index (χ1) is 19.8. The molecule has 208 valence electrons. The lowest BCUT2D eigenvalue weighted by Gasteiger charge is -2.22. The van der Waals surface area contributed by atoms with E-state index >= 15 is 0 Å². The van der Waals surface area contributed by atoms with Crippen LogP contribution < -0.4 is 5.32 Å². The fraction of sp³-hybridized carbons (Fsp3) is 0.206. The number of pyridine rings is 1. The van der Waals surface area contributed by atoms with Crippen LogP contribution in [0.2, 0.25) is 0 Å². The van der Waals surface area contributed by atoms with Crippen LogP contribution in [0.15, 0.2) is 95.5 Å². The number of fused-ring (bicyclic) bond motifs is 1. The third kappa shape index (κ3) is 6.53. The highest BCUT2D eigenvalue weighted by Crippen LogP contribution is 2.33. The number of nitrogens with one attached hydrogen (secondary N) is 1. The first-order valence-electron chi connectivity index (χ1n) is 13.5. The molecule has 0 aliphatic rings. The molecule has 1 amide bonds. The molecule has 2 atom stereocenters. The number of benzene rings is 3. The Morgan fingerprint density at radius 3 is 2.46 bits per heavy atom. The van der Waals surface area contributed by atoms with E-state index in [0.717, 1.165) is 38.9 Å². The van der Waals surface area contributed by atoms with E-state index in [2.05, 4.69) is 42.3 Å². The normalized spacial score (nSPS) is 12.7. The van der Waals surface area contributed by atoms with Crippen molar-refractivity contribution >= 4 is 22.8 Å². The standard InChI is InChI=1S/C34H32N2O5/c1-21-11-13-27(22(2)16-21)33(25-8-5-4-6-9-25)36-31(37)18-24-12-14-29-26(17-24)19-30(41-29)34(40-20-32(38)39)28-10-7-15-35-23(28)3/h4-17,19,33-34H,18,20H2,1-3H3,(H,36,37)(H,38,39). The number of amides is 1. The minimum absolute atomic E-state index is 0.101. The summed E-state index contributed by atoms with van der Waals surface area (Å²) < 4.78 is 11.8. The molecule has 0 saturated heterocycles. The third-order valence-corrected chi connectivity index (χ3v) is 7.10. The molecule has 0 aliphatic carbocycles. The van der Waals surface area contributed by atoms with E-state index < -0.39 is 18.7 Å². The fourth-order valence-corrected chi connectivity index (χ4v) is 5.14. The maximum atomic E-state index is 13.4. The van der Waals surface area contributed by atoms with Gasteiger partial charge in [0.1, 0.15) is 24.1 Å². The second-order valence-electron chi connectivity index (χ2n) is 10.2. The van der Waals surface area contributed by atoms with Crippen LogP contribution in [0.25, 0.3) is 11.0 Å². The molecule has 5 aromatic rings. The summed E-state index contributed by atoms with van der Waals surface area (Å²) in [6, 6.07) is 27.0. The Bertz CT molecular complexity index is 1690. The van der Waals surface area contributed by atoms with Gasteiger partial charge in [0.25, 0.3) is 0 Å². The molecule has 7 heteroatoms. The van der Waals surface area contributed by atoms with E-state index in [-0.39, 0.29) is 18.4 Å². The highest BCUT2D eigenvalue weighted by molar-refractivity contribution is 5.83. The summed E-state index contributed by atoms with van der Waals surface area (Å²) in [6.07, 6.45) is 1.13. The van der Waals surface area contributed by atoms with Gasteiger partial charge in [-0.2, -0.15) is 0 Å². The van der Waals surface area contributed by atoms with Crippen LogP contribution >= 0.6 is 0 Å². The van der Waals surface area contributed by atoms with Gasteiger partial charge in [-0.25, -0.2) is 4.79 Å². The zero-order valence-electron chi connectivity index (χ0n) is 23.3. The minimum atomic E-state index is -1.07. The summed E-state index contributed by atoms with van der Waals surface area (Å²) in [5.41, 5.74) is 7.26. The van der Waals surface area contributed by atoms with Crippen LogP contribution in [0.1, 0.15) is 57.0 Å².